The maximum Gasteiger partial charge on any atom is 0.280 e. The van der Waals surface area contributed by atoms with Gasteiger partial charge in [-0.2, -0.15) is 0 Å². The molecule has 0 spiro atoms. The molecule has 0 radical (unpaired) electrons. The fourth-order valence-electron chi connectivity index (χ4n) is 3.93. The van der Waals surface area contributed by atoms with E-state index in [4.69, 9.17) is 4.74 Å². The van der Waals surface area contributed by atoms with Gasteiger partial charge in [-0.15, -0.1) is 10.2 Å². The summed E-state index contributed by atoms with van der Waals surface area (Å²) in [6.45, 7) is 2.76. The zero-order valence-electron chi connectivity index (χ0n) is 18.9. The highest BCUT2D eigenvalue weighted by molar-refractivity contribution is 6.05. The van der Waals surface area contributed by atoms with Gasteiger partial charge in [0, 0.05) is 30.0 Å². The van der Waals surface area contributed by atoms with Crippen LogP contribution >= 0.6 is 0 Å². The highest BCUT2D eigenvalue weighted by atomic mass is 19.3. The standard InChI is InChI=1S/C25H22F2N6O2/c1-15-9-10-35-13-18-6-5-16(17-7-8-20(23(26)27)28-12-17)11-19(18)25(34)31-22-4-2-3-21(30-22)24-32-29-14-33(15)24/h2-8,11-12,14-15,23H,9-10,13H2,1H3,(H,30,31,34)/t15-/m0/s1. The van der Waals surface area contributed by atoms with Crippen LogP contribution in [-0.2, 0) is 11.3 Å². The number of benzene rings is 1. The topological polar surface area (TPSA) is 94.8 Å². The lowest BCUT2D eigenvalue weighted by Crippen LogP contribution is -2.17. The van der Waals surface area contributed by atoms with Crippen molar-refractivity contribution in [3.8, 4) is 22.6 Å². The molecular formula is C25H22F2N6O2. The van der Waals surface area contributed by atoms with Crippen LogP contribution in [0.1, 0.15) is 47.4 Å². The molecule has 1 aliphatic heterocycles. The summed E-state index contributed by atoms with van der Waals surface area (Å²) in [5.74, 6) is 0.610. The van der Waals surface area contributed by atoms with E-state index < -0.39 is 6.43 Å². The van der Waals surface area contributed by atoms with Crippen molar-refractivity contribution in [3.63, 3.8) is 0 Å². The van der Waals surface area contributed by atoms with E-state index in [0.29, 0.717) is 52.6 Å². The number of hydrogen-bond acceptors (Lipinski definition) is 6. The van der Waals surface area contributed by atoms with Crippen molar-refractivity contribution >= 4 is 11.7 Å². The Hall–Kier alpha value is -4.05. The van der Waals surface area contributed by atoms with E-state index in [-0.39, 0.29) is 24.2 Å². The second-order valence-corrected chi connectivity index (χ2v) is 8.26. The average Bonchev–Trinajstić information content (AvgIpc) is 3.36. The number of halogens is 2. The summed E-state index contributed by atoms with van der Waals surface area (Å²) in [5, 5.41) is 11.1. The molecule has 1 N–H and O–H groups in total. The van der Waals surface area contributed by atoms with Crippen LogP contribution in [0.25, 0.3) is 22.6 Å². The first-order valence-corrected chi connectivity index (χ1v) is 11.1. The molecule has 178 valence electrons. The molecular weight excluding hydrogens is 454 g/mol. The van der Waals surface area contributed by atoms with E-state index >= 15 is 0 Å². The van der Waals surface area contributed by atoms with E-state index in [1.54, 1.807) is 30.6 Å². The number of hydrogen-bond donors (Lipinski definition) is 1. The third-order valence-electron chi connectivity index (χ3n) is 5.90. The Morgan fingerprint density at radius 1 is 1.14 bits per heavy atom. The Balaban J connectivity index is 1.52. The number of nitrogens with one attached hydrogen (secondary N) is 1. The van der Waals surface area contributed by atoms with Crippen molar-refractivity contribution in [1.29, 1.82) is 0 Å². The molecule has 0 saturated carbocycles. The van der Waals surface area contributed by atoms with Gasteiger partial charge in [-0.25, -0.2) is 13.8 Å². The fraction of sp³-hybridized carbons (Fsp3) is 0.240. The van der Waals surface area contributed by atoms with Gasteiger partial charge in [0.15, 0.2) is 5.82 Å². The van der Waals surface area contributed by atoms with Crippen molar-refractivity contribution in [1.82, 2.24) is 24.7 Å². The van der Waals surface area contributed by atoms with Gasteiger partial charge in [-0.05, 0) is 48.7 Å². The van der Waals surface area contributed by atoms with E-state index in [1.807, 2.05) is 22.8 Å². The first kappa shape index (κ1) is 22.7. The molecule has 0 saturated heterocycles. The first-order valence-electron chi connectivity index (χ1n) is 11.1. The van der Waals surface area contributed by atoms with Crippen molar-refractivity contribution in [2.75, 3.05) is 11.9 Å². The number of nitrogens with zero attached hydrogens (tertiary/aromatic N) is 5. The molecule has 1 aliphatic rings. The predicted molar refractivity (Wildman–Crippen MR) is 125 cm³/mol. The molecule has 3 aromatic heterocycles. The number of rotatable bonds is 2. The largest absolute Gasteiger partial charge is 0.377 e. The smallest absolute Gasteiger partial charge is 0.280 e. The number of alkyl halides is 2. The normalized spacial score (nSPS) is 16.2. The molecule has 5 rings (SSSR count). The Morgan fingerprint density at radius 2 is 2.00 bits per heavy atom. The van der Waals surface area contributed by atoms with Gasteiger partial charge >= 0.3 is 0 Å². The summed E-state index contributed by atoms with van der Waals surface area (Å²) in [6.07, 6.45) is 1.12. The third-order valence-corrected chi connectivity index (χ3v) is 5.90. The molecule has 0 unspecified atom stereocenters. The number of pyridine rings is 2. The van der Waals surface area contributed by atoms with Crippen LogP contribution in [0.4, 0.5) is 14.6 Å². The van der Waals surface area contributed by atoms with Gasteiger partial charge in [0.2, 0.25) is 0 Å². The SMILES string of the molecule is C[C@H]1CCOCc2ccc(-c3ccc(C(F)F)nc3)cc2C(=O)Nc2cccc(n2)-c2nncn21. The van der Waals surface area contributed by atoms with Crippen LogP contribution in [0.5, 0.6) is 0 Å². The van der Waals surface area contributed by atoms with E-state index in [1.165, 1.54) is 12.3 Å². The molecule has 0 aliphatic carbocycles. The highest BCUT2D eigenvalue weighted by Crippen LogP contribution is 2.27. The molecule has 0 fully saturated rings. The van der Waals surface area contributed by atoms with Crippen molar-refractivity contribution in [2.45, 2.75) is 32.4 Å². The third kappa shape index (κ3) is 4.78. The van der Waals surface area contributed by atoms with Gasteiger partial charge in [-0.3, -0.25) is 9.78 Å². The van der Waals surface area contributed by atoms with E-state index in [9.17, 15) is 13.6 Å². The molecule has 4 heterocycles. The number of aromatic nitrogens is 5. The molecule has 2 bridgehead atoms. The molecule has 8 nitrogen and oxygen atoms in total. The Morgan fingerprint density at radius 3 is 2.80 bits per heavy atom. The summed E-state index contributed by atoms with van der Waals surface area (Å²) in [7, 11) is 0. The van der Waals surface area contributed by atoms with Crippen molar-refractivity contribution in [2.24, 2.45) is 0 Å². The monoisotopic (exact) mass is 476 g/mol. The molecule has 35 heavy (non-hydrogen) atoms. The minimum Gasteiger partial charge on any atom is -0.377 e. The second kappa shape index (κ2) is 9.67. The highest BCUT2D eigenvalue weighted by Gasteiger charge is 2.19. The zero-order valence-corrected chi connectivity index (χ0v) is 18.9. The average molecular weight is 476 g/mol. The van der Waals surface area contributed by atoms with Crippen LogP contribution in [-0.4, -0.2) is 37.2 Å². The molecule has 1 amide bonds. The summed E-state index contributed by atoms with van der Waals surface area (Å²) < 4.78 is 33.6. The van der Waals surface area contributed by atoms with Crippen LogP contribution in [0, 0.1) is 0 Å². The van der Waals surface area contributed by atoms with E-state index in [0.717, 1.165) is 0 Å². The molecule has 10 heteroatoms. The van der Waals surface area contributed by atoms with Gasteiger partial charge in [0.1, 0.15) is 23.5 Å². The van der Waals surface area contributed by atoms with Gasteiger partial charge in [0.25, 0.3) is 12.3 Å². The van der Waals surface area contributed by atoms with Crippen molar-refractivity contribution < 1.29 is 18.3 Å². The van der Waals surface area contributed by atoms with Gasteiger partial charge in [0.05, 0.1) is 6.61 Å². The maximum atomic E-state index is 13.3. The van der Waals surface area contributed by atoms with Crippen LogP contribution in [0.2, 0.25) is 0 Å². The summed E-state index contributed by atoms with van der Waals surface area (Å²) in [4.78, 5) is 21.7. The van der Waals surface area contributed by atoms with E-state index in [2.05, 4.69) is 32.4 Å². The van der Waals surface area contributed by atoms with Crippen LogP contribution in [0.3, 0.4) is 0 Å². The number of anilines is 1. The summed E-state index contributed by atoms with van der Waals surface area (Å²) in [5.41, 5.74) is 2.70. The number of carbonyl (C=O) groups excluding carboxylic acids is 1. The first-order chi connectivity index (χ1) is 17.0. The summed E-state index contributed by atoms with van der Waals surface area (Å²) >= 11 is 0. The lowest BCUT2D eigenvalue weighted by molar-refractivity contribution is 0.0990. The molecule has 4 aromatic rings. The Bertz CT molecular complexity index is 1360. The maximum absolute atomic E-state index is 13.3. The second-order valence-electron chi connectivity index (χ2n) is 8.26. The van der Waals surface area contributed by atoms with Crippen molar-refractivity contribution in [3.05, 3.63) is 77.9 Å². The lowest BCUT2D eigenvalue weighted by Gasteiger charge is -2.17. The summed E-state index contributed by atoms with van der Waals surface area (Å²) in [6, 6.07) is 13.6. The number of ether oxygens (including phenoxy) is 1. The number of carbonyl (C=O) groups is 1. The van der Waals surface area contributed by atoms with Gasteiger partial charge < -0.3 is 14.6 Å². The van der Waals surface area contributed by atoms with Crippen LogP contribution in [0.15, 0.2) is 61.1 Å². The van der Waals surface area contributed by atoms with Crippen LogP contribution < -0.4 is 5.32 Å². The zero-order chi connectivity index (χ0) is 24.4. The lowest BCUT2D eigenvalue weighted by atomic mass is 9.99. The number of fused-ring (bicyclic) bond motifs is 5. The quantitative estimate of drug-likeness (QED) is 0.434. The minimum atomic E-state index is -2.64. The number of amides is 1. The Labute approximate surface area is 200 Å². The molecule has 1 aromatic carbocycles. The Kier molecular flexibility index (Phi) is 6.28. The molecule has 1 atom stereocenters. The van der Waals surface area contributed by atoms with Gasteiger partial charge in [-0.1, -0.05) is 24.3 Å². The fourth-order valence-corrected chi connectivity index (χ4v) is 3.93. The minimum absolute atomic E-state index is 0.0774. The predicted octanol–water partition coefficient (Wildman–Crippen LogP) is 5.07.